The van der Waals surface area contributed by atoms with Gasteiger partial charge in [0.15, 0.2) is 0 Å². The zero-order valence-corrected chi connectivity index (χ0v) is 13.1. The minimum atomic E-state index is 0.220. The van der Waals surface area contributed by atoms with Gasteiger partial charge in [0.2, 0.25) is 0 Å². The van der Waals surface area contributed by atoms with Gasteiger partial charge in [-0.25, -0.2) is 15.0 Å². The second-order valence-corrected chi connectivity index (χ2v) is 7.08. The molecule has 0 aromatic carbocycles. The van der Waals surface area contributed by atoms with Crippen LogP contribution in [-0.4, -0.2) is 28.0 Å². The van der Waals surface area contributed by atoms with Crippen molar-refractivity contribution in [1.82, 2.24) is 15.0 Å². The van der Waals surface area contributed by atoms with Gasteiger partial charge in [-0.2, -0.15) is 0 Å². The van der Waals surface area contributed by atoms with Gasteiger partial charge >= 0.3 is 0 Å². The van der Waals surface area contributed by atoms with Crippen molar-refractivity contribution in [3.05, 3.63) is 34.2 Å². The first kappa shape index (κ1) is 13.5. The summed E-state index contributed by atoms with van der Waals surface area (Å²) in [6.07, 6.45) is 5.90. The highest BCUT2D eigenvalue weighted by Gasteiger charge is 2.34. The first-order chi connectivity index (χ1) is 9.57. The molecule has 3 rings (SSSR count). The molecule has 4 nitrogen and oxygen atoms in total. The fraction of sp³-hybridized carbons (Fsp3) is 0.533. The summed E-state index contributed by atoms with van der Waals surface area (Å²) in [6, 6.07) is 2.07. The fourth-order valence-electron chi connectivity index (χ4n) is 2.69. The van der Waals surface area contributed by atoms with Crippen LogP contribution in [-0.2, 0) is 5.41 Å². The van der Waals surface area contributed by atoms with E-state index in [2.05, 4.69) is 39.8 Å². The Hall–Kier alpha value is -1.49. The van der Waals surface area contributed by atoms with E-state index in [9.17, 15) is 0 Å². The van der Waals surface area contributed by atoms with Crippen molar-refractivity contribution in [3.63, 3.8) is 0 Å². The molecule has 0 bridgehead atoms. The number of hydrogen-bond donors (Lipinski definition) is 0. The summed E-state index contributed by atoms with van der Waals surface area (Å²) in [5.41, 5.74) is 1.25. The average molecular weight is 288 g/mol. The molecule has 3 heterocycles. The van der Waals surface area contributed by atoms with Gasteiger partial charge in [0.05, 0.1) is 5.01 Å². The van der Waals surface area contributed by atoms with Crippen LogP contribution in [0.3, 0.4) is 0 Å². The van der Waals surface area contributed by atoms with Crippen LogP contribution in [0.15, 0.2) is 18.6 Å². The molecule has 1 saturated heterocycles. The first-order valence-electron chi connectivity index (χ1n) is 7.03. The highest BCUT2D eigenvalue weighted by molar-refractivity contribution is 7.11. The van der Waals surface area contributed by atoms with E-state index in [0.29, 0.717) is 0 Å². The van der Waals surface area contributed by atoms with Gasteiger partial charge in [0.1, 0.15) is 12.1 Å². The normalized spacial score (nSPS) is 18.2. The first-order valence-corrected chi connectivity index (χ1v) is 7.85. The van der Waals surface area contributed by atoms with Crippen LogP contribution in [0.2, 0.25) is 0 Å². The molecular formula is C15H20N4S. The third-order valence-electron chi connectivity index (χ3n) is 4.12. The number of nitrogens with zero attached hydrogens (tertiary/aromatic N) is 4. The Bertz CT molecular complexity index is 599. The topological polar surface area (TPSA) is 41.9 Å². The molecule has 1 aliphatic heterocycles. The van der Waals surface area contributed by atoms with Crippen molar-refractivity contribution in [2.45, 2.75) is 39.0 Å². The van der Waals surface area contributed by atoms with Crippen LogP contribution in [0.5, 0.6) is 0 Å². The summed E-state index contributed by atoms with van der Waals surface area (Å²) in [4.78, 5) is 16.8. The molecule has 0 aliphatic carbocycles. The average Bonchev–Trinajstić information content (AvgIpc) is 2.87. The third-order valence-corrected chi connectivity index (χ3v) is 5.34. The monoisotopic (exact) mass is 288 g/mol. The molecule has 20 heavy (non-hydrogen) atoms. The molecule has 0 N–H and O–H groups in total. The van der Waals surface area contributed by atoms with Crippen LogP contribution >= 0.6 is 11.3 Å². The van der Waals surface area contributed by atoms with Gasteiger partial charge in [-0.3, -0.25) is 0 Å². The van der Waals surface area contributed by atoms with Gasteiger partial charge in [0.25, 0.3) is 0 Å². The Labute approximate surface area is 123 Å². The third kappa shape index (κ3) is 2.54. The molecule has 0 unspecified atom stereocenters. The smallest absolute Gasteiger partial charge is 0.132 e. The van der Waals surface area contributed by atoms with E-state index in [0.717, 1.165) is 37.4 Å². The molecule has 0 amide bonds. The Morgan fingerprint density at radius 2 is 1.90 bits per heavy atom. The van der Waals surface area contributed by atoms with E-state index in [-0.39, 0.29) is 5.41 Å². The van der Waals surface area contributed by atoms with Crippen molar-refractivity contribution in [3.8, 4) is 0 Å². The molecule has 0 radical (unpaired) electrons. The lowest BCUT2D eigenvalue weighted by molar-refractivity contribution is 0.360. The Morgan fingerprint density at radius 1 is 1.15 bits per heavy atom. The summed E-state index contributed by atoms with van der Waals surface area (Å²) >= 11 is 1.84. The van der Waals surface area contributed by atoms with Crippen LogP contribution in [0.4, 0.5) is 5.82 Å². The van der Waals surface area contributed by atoms with E-state index in [1.54, 1.807) is 6.33 Å². The van der Waals surface area contributed by atoms with Gasteiger partial charge in [-0.05, 0) is 26.7 Å². The van der Waals surface area contributed by atoms with Crippen molar-refractivity contribution in [2.24, 2.45) is 0 Å². The molecule has 1 aliphatic rings. The minimum Gasteiger partial charge on any atom is -0.356 e. The number of anilines is 1. The van der Waals surface area contributed by atoms with Crippen LogP contribution in [0.1, 0.15) is 35.3 Å². The van der Waals surface area contributed by atoms with E-state index in [1.807, 2.05) is 24.5 Å². The number of rotatable bonds is 2. The van der Waals surface area contributed by atoms with Crippen molar-refractivity contribution >= 4 is 17.2 Å². The predicted molar refractivity (Wildman–Crippen MR) is 82.4 cm³/mol. The number of thiazole rings is 1. The summed E-state index contributed by atoms with van der Waals surface area (Å²) < 4.78 is 0. The van der Waals surface area contributed by atoms with Gasteiger partial charge in [-0.1, -0.05) is 6.92 Å². The lowest BCUT2D eigenvalue weighted by Crippen LogP contribution is -2.41. The van der Waals surface area contributed by atoms with Crippen LogP contribution in [0, 0.1) is 13.8 Å². The zero-order valence-electron chi connectivity index (χ0n) is 12.3. The van der Waals surface area contributed by atoms with Gasteiger partial charge < -0.3 is 4.90 Å². The largest absolute Gasteiger partial charge is 0.356 e. The Balaban J connectivity index is 1.73. The standard InChI is InChI=1S/C15H20N4S/c1-11-8-13(18-10-17-11)19-6-4-15(3,5-7-19)14-16-9-12(2)20-14/h8-10H,4-7H2,1-3H3. The quantitative estimate of drug-likeness (QED) is 0.851. The van der Waals surface area contributed by atoms with Gasteiger partial charge in [0, 0.05) is 41.3 Å². The SMILES string of the molecule is Cc1cc(N2CCC(C)(c3ncc(C)s3)CC2)ncn1. The molecule has 2 aromatic heterocycles. The Morgan fingerprint density at radius 3 is 2.50 bits per heavy atom. The highest BCUT2D eigenvalue weighted by atomic mass is 32.1. The van der Waals surface area contributed by atoms with E-state index in [4.69, 9.17) is 0 Å². The molecule has 1 fully saturated rings. The zero-order chi connectivity index (χ0) is 14.2. The van der Waals surface area contributed by atoms with Crippen molar-refractivity contribution in [1.29, 1.82) is 0 Å². The summed E-state index contributed by atoms with van der Waals surface area (Å²) in [5, 5.41) is 1.29. The lowest BCUT2D eigenvalue weighted by atomic mass is 9.81. The molecule has 0 saturated carbocycles. The maximum Gasteiger partial charge on any atom is 0.132 e. The second kappa shape index (κ2) is 5.13. The van der Waals surface area contributed by atoms with Crippen LogP contribution < -0.4 is 4.90 Å². The van der Waals surface area contributed by atoms with E-state index < -0.39 is 0 Å². The Kier molecular flexibility index (Phi) is 3.46. The van der Waals surface area contributed by atoms with E-state index >= 15 is 0 Å². The van der Waals surface area contributed by atoms with Crippen molar-refractivity contribution in [2.75, 3.05) is 18.0 Å². The molecular weight excluding hydrogens is 268 g/mol. The molecule has 5 heteroatoms. The van der Waals surface area contributed by atoms with E-state index in [1.165, 1.54) is 9.88 Å². The maximum atomic E-state index is 4.60. The number of aryl methyl sites for hydroxylation is 2. The molecule has 0 spiro atoms. The van der Waals surface area contributed by atoms with Crippen LogP contribution in [0.25, 0.3) is 0 Å². The summed E-state index contributed by atoms with van der Waals surface area (Å²) in [6.45, 7) is 8.55. The molecule has 106 valence electrons. The second-order valence-electron chi connectivity index (χ2n) is 5.84. The highest BCUT2D eigenvalue weighted by Crippen LogP contribution is 2.37. The summed E-state index contributed by atoms with van der Waals surface area (Å²) in [7, 11) is 0. The van der Waals surface area contributed by atoms with Crippen molar-refractivity contribution < 1.29 is 0 Å². The number of hydrogen-bond acceptors (Lipinski definition) is 5. The maximum absolute atomic E-state index is 4.60. The lowest BCUT2D eigenvalue weighted by Gasteiger charge is -2.38. The molecule has 2 aromatic rings. The summed E-state index contributed by atoms with van der Waals surface area (Å²) in [5.74, 6) is 1.05. The van der Waals surface area contributed by atoms with Gasteiger partial charge in [-0.15, -0.1) is 11.3 Å². The number of piperidine rings is 1. The number of aromatic nitrogens is 3. The predicted octanol–water partition coefficient (Wildman–Crippen LogP) is 3.11. The minimum absolute atomic E-state index is 0.220. The fourth-order valence-corrected chi connectivity index (χ4v) is 3.66. The molecule has 0 atom stereocenters.